The van der Waals surface area contributed by atoms with Crippen LogP contribution in [0.25, 0.3) is 0 Å². The van der Waals surface area contributed by atoms with Crippen LogP contribution in [0.2, 0.25) is 0 Å². The van der Waals surface area contributed by atoms with Gasteiger partial charge in [-0.1, -0.05) is 6.07 Å². The first-order valence-electron chi connectivity index (χ1n) is 3.01. The third-order valence-corrected chi connectivity index (χ3v) is 0.981. The Kier molecular flexibility index (Phi) is 7.57. The molecular formula is C7H9Cl2NO. The van der Waals surface area contributed by atoms with Gasteiger partial charge < -0.3 is 5.11 Å². The van der Waals surface area contributed by atoms with Crippen molar-refractivity contribution in [2.45, 2.75) is 4.84 Å². The molecule has 4 heteroatoms. The highest BCUT2D eigenvalue weighted by Gasteiger charge is 1.88. The minimum absolute atomic E-state index is 0.164. The van der Waals surface area contributed by atoms with Crippen molar-refractivity contribution in [1.82, 2.24) is 4.98 Å². The van der Waals surface area contributed by atoms with Crippen LogP contribution in [0.1, 0.15) is 0 Å². The number of pyridine rings is 1. The first-order valence-corrected chi connectivity index (χ1v) is 3.88. The van der Waals surface area contributed by atoms with Gasteiger partial charge in [0.1, 0.15) is 4.84 Å². The maximum atomic E-state index is 7.88. The first kappa shape index (κ1) is 10.7. The van der Waals surface area contributed by atoms with Crippen molar-refractivity contribution < 1.29 is 5.11 Å². The number of hydrogen-bond donors (Lipinski definition) is 1. The normalized spacial score (nSPS) is 8.73. The molecule has 1 aromatic rings. The average molecular weight is 194 g/mol. The van der Waals surface area contributed by atoms with Crippen LogP contribution in [-0.4, -0.2) is 21.5 Å². The SMILES string of the molecule is OCC(Cl)Cl.c1ccncc1. The van der Waals surface area contributed by atoms with Crippen LogP contribution in [0.3, 0.4) is 0 Å². The molecule has 1 rings (SSSR count). The molecule has 0 amide bonds. The lowest BCUT2D eigenvalue weighted by Gasteiger charge is -1.84. The number of halogens is 2. The Morgan fingerprint density at radius 2 is 1.64 bits per heavy atom. The van der Waals surface area contributed by atoms with Crippen LogP contribution in [-0.2, 0) is 0 Å². The number of alkyl halides is 2. The number of aliphatic hydroxyl groups is 1. The topological polar surface area (TPSA) is 33.1 Å². The summed E-state index contributed by atoms with van der Waals surface area (Å²) < 4.78 is 0. The molecule has 62 valence electrons. The summed E-state index contributed by atoms with van der Waals surface area (Å²) in [6.07, 6.45) is 3.50. The molecule has 0 aliphatic heterocycles. The monoisotopic (exact) mass is 193 g/mol. The van der Waals surface area contributed by atoms with Gasteiger partial charge in [0.15, 0.2) is 0 Å². The number of nitrogens with zero attached hydrogens (tertiary/aromatic N) is 1. The van der Waals surface area contributed by atoms with Crippen LogP contribution in [0, 0.1) is 0 Å². The molecule has 0 aliphatic rings. The molecule has 0 atom stereocenters. The van der Waals surface area contributed by atoms with Crippen molar-refractivity contribution >= 4 is 23.2 Å². The predicted molar refractivity (Wildman–Crippen MR) is 46.8 cm³/mol. The largest absolute Gasteiger partial charge is 0.394 e. The molecule has 1 N–H and O–H groups in total. The molecule has 0 unspecified atom stereocenters. The van der Waals surface area contributed by atoms with Gasteiger partial charge in [0.05, 0.1) is 6.61 Å². The third kappa shape index (κ3) is 9.69. The van der Waals surface area contributed by atoms with Gasteiger partial charge in [0.25, 0.3) is 0 Å². The summed E-state index contributed by atoms with van der Waals surface area (Å²) in [5.41, 5.74) is 0. The fraction of sp³-hybridized carbons (Fsp3) is 0.286. The Labute approximate surface area is 75.8 Å². The molecule has 1 aromatic heterocycles. The Hall–Kier alpha value is -0.310. The first-order chi connectivity index (χ1) is 5.27. The van der Waals surface area contributed by atoms with Crippen LogP contribution >= 0.6 is 23.2 Å². The second-order valence-electron chi connectivity index (χ2n) is 1.60. The fourth-order valence-electron chi connectivity index (χ4n) is 0.313. The van der Waals surface area contributed by atoms with Gasteiger partial charge >= 0.3 is 0 Å². The number of aliphatic hydroxyl groups excluding tert-OH is 1. The van der Waals surface area contributed by atoms with Crippen molar-refractivity contribution in [1.29, 1.82) is 0 Å². The van der Waals surface area contributed by atoms with E-state index in [1.54, 1.807) is 12.4 Å². The Bertz CT molecular complexity index is 131. The van der Waals surface area contributed by atoms with E-state index in [2.05, 4.69) is 4.98 Å². The van der Waals surface area contributed by atoms with E-state index in [4.69, 9.17) is 28.3 Å². The maximum Gasteiger partial charge on any atom is 0.130 e. The van der Waals surface area contributed by atoms with Gasteiger partial charge in [0, 0.05) is 12.4 Å². The lowest BCUT2D eigenvalue weighted by atomic mass is 10.5. The molecule has 0 fully saturated rings. The molecule has 11 heavy (non-hydrogen) atoms. The molecule has 0 saturated carbocycles. The number of rotatable bonds is 1. The molecular weight excluding hydrogens is 185 g/mol. The van der Waals surface area contributed by atoms with Crippen molar-refractivity contribution in [3.05, 3.63) is 30.6 Å². The second kappa shape index (κ2) is 7.79. The standard InChI is InChI=1S/C5H5N.C2H4Cl2O/c1-2-4-6-5-3-1;3-2(4)1-5/h1-5H;2,5H,1H2. The fourth-order valence-corrected chi connectivity index (χ4v) is 0.313. The van der Waals surface area contributed by atoms with Crippen molar-refractivity contribution in [3.8, 4) is 0 Å². The minimum atomic E-state index is -0.616. The van der Waals surface area contributed by atoms with Gasteiger partial charge in [-0.15, -0.1) is 23.2 Å². The molecule has 2 nitrogen and oxygen atoms in total. The summed E-state index contributed by atoms with van der Waals surface area (Å²) >= 11 is 9.96. The highest BCUT2D eigenvalue weighted by atomic mass is 35.5. The average Bonchev–Trinajstić information content (AvgIpc) is 2.09. The van der Waals surface area contributed by atoms with E-state index in [9.17, 15) is 0 Å². The Balaban J connectivity index is 0.000000187. The van der Waals surface area contributed by atoms with Crippen LogP contribution in [0.5, 0.6) is 0 Å². The number of aromatic nitrogens is 1. The summed E-state index contributed by atoms with van der Waals surface area (Å²) in [5.74, 6) is 0. The maximum absolute atomic E-state index is 7.88. The highest BCUT2D eigenvalue weighted by Crippen LogP contribution is 1.96. The quantitative estimate of drug-likeness (QED) is 0.692. The molecule has 0 aliphatic carbocycles. The van der Waals surface area contributed by atoms with Crippen LogP contribution < -0.4 is 0 Å². The Morgan fingerprint density at radius 1 is 1.18 bits per heavy atom. The molecule has 0 saturated heterocycles. The van der Waals surface area contributed by atoms with Crippen molar-refractivity contribution in [2.24, 2.45) is 0 Å². The molecule has 0 aromatic carbocycles. The summed E-state index contributed by atoms with van der Waals surface area (Å²) in [6, 6.07) is 5.72. The Morgan fingerprint density at radius 3 is 1.73 bits per heavy atom. The molecule has 0 spiro atoms. The van der Waals surface area contributed by atoms with E-state index in [0.717, 1.165) is 0 Å². The van der Waals surface area contributed by atoms with E-state index < -0.39 is 4.84 Å². The predicted octanol–water partition coefficient (Wildman–Crippen LogP) is 1.86. The van der Waals surface area contributed by atoms with Gasteiger partial charge in [-0.2, -0.15) is 0 Å². The summed E-state index contributed by atoms with van der Waals surface area (Å²) in [4.78, 5) is 3.17. The smallest absolute Gasteiger partial charge is 0.130 e. The lowest BCUT2D eigenvalue weighted by molar-refractivity contribution is 0.313. The molecule has 0 bridgehead atoms. The van der Waals surface area contributed by atoms with Gasteiger partial charge in [0.2, 0.25) is 0 Å². The van der Waals surface area contributed by atoms with Crippen molar-refractivity contribution in [3.63, 3.8) is 0 Å². The lowest BCUT2D eigenvalue weighted by Crippen LogP contribution is -1.90. The molecule has 1 heterocycles. The van der Waals surface area contributed by atoms with Crippen LogP contribution in [0.15, 0.2) is 30.6 Å². The van der Waals surface area contributed by atoms with Crippen molar-refractivity contribution in [2.75, 3.05) is 6.61 Å². The zero-order valence-electron chi connectivity index (χ0n) is 5.82. The summed E-state index contributed by atoms with van der Waals surface area (Å²) in [5, 5.41) is 7.88. The second-order valence-corrected chi connectivity index (χ2v) is 2.88. The summed E-state index contributed by atoms with van der Waals surface area (Å²) in [6.45, 7) is -0.164. The zero-order valence-corrected chi connectivity index (χ0v) is 7.33. The van der Waals surface area contributed by atoms with Crippen LogP contribution in [0.4, 0.5) is 0 Å². The van der Waals surface area contributed by atoms with E-state index in [1.165, 1.54) is 0 Å². The van der Waals surface area contributed by atoms with E-state index in [-0.39, 0.29) is 6.61 Å². The summed E-state index contributed by atoms with van der Waals surface area (Å²) in [7, 11) is 0. The van der Waals surface area contributed by atoms with Gasteiger partial charge in [-0.25, -0.2) is 0 Å². The van der Waals surface area contributed by atoms with Gasteiger partial charge in [-0.3, -0.25) is 4.98 Å². The zero-order chi connectivity index (χ0) is 8.53. The van der Waals surface area contributed by atoms with E-state index in [1.807, 2.05) is 18.2 Å². The highest BCUT2D eigenvalue weighted by molar-refractivity contribution is 6.44. The minimum Gasteiger partial charge on any atom is -0.394 e. The molecule has 0 radical (unpaired) electrons. The van der Waals surface area contributed by atoms with Gasteiger partial charge in [-0.05, 0) is 12.1 Å². The van der Waals surface area contributed by atoms with E-state index in [0.29, 0.717) is 0 Å². The number of hydrogen-bond acceptors (Lipinski definition) is 2. The van der Waals surface area contributed by atoms with E-state index >= 15 is 0 Å². The third-order valence-electron chi connectivity index (χ3n) is 0.705.